The summed E-state index contributed by atoms with van der Waals surface area (Å²) in [4.78, 5) is 2.13. The largest absolute Gasteiger partial charge is 0.386 e. The Balaban J connectivity index is 2.29. The number of hydrogen-bond acceptors (Lipinski definition) is 2. The van der Waals surface area contributed by atoms with E-state index in [4.69, 9.17) is 5.73 Å². The fourth-order valence-corrected chi connectivity index (χ4v) is 1.93. The summed E-state index contributed by atoms with van der Waals surface area (Å²) in [6.07, 6.45) is 1.08. The highest BCUT2D eigenvalue weighted by Crippen LogP contribution is 2.20. The minimum atomic E-state index is 0.678. The Morgan fingerprint density at radius 3 is 2.93 bits per heavy atom. The maximum atomic E-state index is 5.69. The Morgan fingerprint density at radius 2 is 2.21 bits per heavy atom. The van der Waals surface area contributed by atoms with Crippen molar-refractivity contribution in [3.8, 4) is 0 Å². The lowest BCUT2D eigenvalue weighted by Gasteiger charge is -2.30. The Bertz CT molecular complexity index is 369. The molecule has 0 bridgehead atoms. The molecule has 2 nitrogen and oxygen atoms in total. The van der Waals surface area contributed by atoms with E-state index in [0.29, 0.717) is 5.82 Å². The quantitative estimate of drug-likeness (QED) is 0.728. The zero-order valence-electron chi connectivity index (χ0n) is 8.59. The van der Waals surface area contributed by atoms with Crippen molar-refractivity contribution in [2.24, 2.45) is 5.73 Å². The van der Waals surface area contributed by atoms with E-state index in [1.165, 1.54) is 16.7 Å². The van der Waals surface area contributed by atoms with Gasteiger partial charge in [0.05, 0.1) is 5.82 Å². The fourth-order valence-electron chi connectivity index (χ4n) is 1.93. The standard InChI is InChI=1S/C12H16N2/c1-9-3-4-11-5-6-14(10(2)13)8-12(11)7-9/h3-4,7H,2,5-6,8,13H2,1H3. The average molecular weight is 188 g/mol. The van der Waals surface area contributed by atoms with Gasteiger partial charge in [-0.25, -0.2) is 0 Å². The number of hydrogen-bond donors (Lipinski definition) is 1. The van der Waals surface area contributed by atoms with E-state index >= 15 is 0 Å². The van der Waals surface area contributed by atoms with Gasteiger partial charge in [-0.1, -0.05) is 30.3 Å². The molecular weight excluding hydrogens is 172 g/mol. The number of rotatable bonds is 1. The van der Waals surface area contributed by atoms with Crippen LogP contribution in [0.15, 0.2) is 30.6 Å². The molecule has 0 fully saturated rings. The predicted octanol–water partition coefficient (Wildman–Crippen LogP) is 1.78. The van der Waals surface area contributed by atoms with Gasteiger partial charge in [-0.2, -0.15) is 0 Å². The minimum Gasteiger partial charge on any atom is -0.386 e. The molecule has 0 spiro atoms. The van der Waals surface area contributed by atoms with Gasteiger partial charge in [-0.05, 0) is 24.5 Å². The van der Waals surface area contributed by atoms with E-state index in [0.717, 1.165) is 19.5 Å². The zero-order chi connectivity index (χ0) is 10.1. The van der Waals surface area contributed by atoms with E-state index < -0.39 is 0 Å². The molecule has 14 heavy (non-hydrogen) atoms. The summed E-state index contributed by atoms with van der Waals surface area (Å²) in [7, 11) is 0. The second kappa shape index (κ2) is 3.37. The molecule has 0 saturated carbocycles. The van der Waals surface area contributed by atoms with E-state index in [1.807, 2.05) is 0 Å². The van der Waals surface area contributed by atoms with Crippen LogP contribution < -0.4 is 5.73 Å². The highest BCUT2D eigenvalue weighted by Gasteiger charge is 2.15. The third-order valence-corrected chi connectivity index (χ3v) is 2.78. The minimum absolute atomic E-state index is 0.678. The smallest absolute Gasteiger partial charge is 0.0915 e. The first-order valence-electron chi connectivity index (χ1n) is 4.94. The van der Waals surface area contributed by atoms with Crippen molar-refractivity contribution in [1.82, 2.24) is 4.90 Å². The molecule has 1 aliphatic heterocycles. The molecule has 0 aromatic heterocycles. The van der Waals surface area contributed by atoms with Crippen molar-refractivity contribution in [3.05, 3.63) is 47.3 Å². The molecule has 1 aliphatic rings. The Kier molecular flexibility index (Phi) is 2.20. The topological polar surface area (TPSA) is 29.3 Å². The lowest BCUT2D eigenvalue weighted by molar-refractivity contribution is 0.320. The molecule has 0 radical (unpaired) electrons. The normalized spacial score (nSPS) is 15.1. The van der Waals surface area contributed by atoms with Crippen LogP contribution in [-0.2, 0) is 13.0 Å². The Hall–Kier alpha value is -1.44. The molecular formula is C12H16N2. The van der Waals surface area contributed by atoms with Crippen LogP contribution in [0, 0.1) is 6.92 Å². The molecule has 0 amide bonds. The number of benzene rings is 1. The van der Waals surface area contributed by atoms with Gasteiger partial charge in [0.1, 0.15) is 0 Å². The number of fused-ring (bicyclic) bond motifs is 1. The van der Waals surface area contributed by atoms with Crippen molar-refractivity contribution >= 4 is 0 Å². The van der Waals surface area contributed by atoms with Crippen LogP contribution in [0.4, 0.5) is 0 Å². The van der Waals surface area contributed by atoms with Crippen LogP contribution in [0.3, 0.4) is 0 Å². The van der Waals surface area contributed by atoms with Gasteiger partial charge in [0.25, 0.3) is 0 Å². The van der Waals surface area contributed by atoms with E-state index in [9.17, 15) is 0 Å². The van der Waals surface area contributed by atoms with Gasteiger partial charge in [0, 0.05) is 13.1 Å². The van der Waals surface area contributed by atoms with Gasteiger partial charge >= 0.3 is 0 Å². The van der Waals surface area contributed by atoms with Crippen LogP contribution >= 0.6 is 0 Å². The third kappa shape index (κ3) is 1.60. The highest BCUT2D eigenvalue weighted by atomic mass is 15.2. The average Bonchev–Trinajstić information content (AvgIpc) is 2.16. The predicted molar refractivity (Wildman–Crippen MR) is 58.6 cm³/mol. The molecule has 2 rings (SSSR count). The van der Waals surface area contributed by atoms with E-state index in [2.05, 4.69) is 36.6 Å². The zero-order valence-corrected chi connectivity index (χ0v) is 8.59. The molecule has 1 aromatic carbocycles. The SMILES string of the molecule is C=C(N)N1CCc2ccc(C)cc2C1. The first-order valence-corrected chi connectivity index (χ1v) is 4.94. The molecule has 0 saturated heterocycles. The summed E-state index contributed by atoms with van der Waals surface area (Å²) < 4.78 is 0. The molecule has 0 atom stereocenters. The maximum Gasteiger partial charge on any atom is 0.0915 e. The first kappa shape index (κ1) is 9.13. The second-order valence-electron chi connectivity index (χ2n) is 3.94. The molecule has 2 N–H and O–H groups in total. The van der Waals surface area contributed by atoms with Gasteiger partial charge in [0.2, 0.25) is 0 Å². The molecule has 2 heteroatoms. The van der Waals surface area contributed by atoms with Crippen molar-refractivity contribution < 1.29 is 0 Å². The number of nitrogens with two attached hydrogens (primary N) is 1. The number of nitrogens with zero attached hydrogens (tertiary/aromatic N) is 1. The lowest BCUT2D eigenvalue weighted by atomic mass is 9.98. The maximum absolute atomic E-state index is 5.69. The van der Waals surface area contributed by atoms with Crippen molar-refractivity contribution in [2.75, 3.05) is 6.54 Å². The molecule has 0 unspecified atom stereocenters. The van der Waals surface area contributed by atoms with Crippen LogP contribution in [0.1, 0.15) is 16.7 Å². The molecule has 74 valence electrons. The summed E-state index contributed by atoms with van der Waals surface area (Å²) in [6.45, 7) is 7.80. The second-order valence-corrected chi connectivity index (χ2v) is 3.94. The molecule has 1 heterocycles. The Labute approximate surface area is 85.0 Å². The summed E-state index contributed by atoms with van der Waals surface area (Å²) >= 11 is 0. The van der Waals surface area contributed by atoms with Gasteiger partial charge in [0.15, 0.2) is 0 Å². The van der Waals surface area contributed by atoms with E-state index in [1.54, 1.807) is 0 Å². The summed E-state index contributed by atoms with van der Waals surface area (Å²) in [5.74, 6) is 0.678. The monoisotopic (exact) mass is 188 g/mol. The molecule has 1 aromatic rings. The third-order valence-electron chi connectivity index (χ3n) is 2.78. The van der Waals surface area contributed by atoms with Crippen molar-refractivity contribution in [2.45, 2.75) is 19.9 Å². The van der Waals surface area contributed by atoms with Gasteiger partial charge < -0.3 is 10.6 Å². The van der Waals surface area contributed by atoms with Gasteiger partial charge in [-0.15, -0.1) is 0 Å². The van der Waals surface area contributed by atoms with Crippen LogP contribution in [0.25, 0.3) is 0 Å². The van der Waals surface area contributed by atoms with Crippen LogP contribution in [0.5, 0.6) is 0 Å². The summed E-state index contributed by atoms with van der Waals surface area (Å²) in [5, 5.41) is 0. The van der Waals surface area contributed by atoms with Gasteiger partial charge in [-0.3, -0.25) is 0 Å². The Morgan fingerprint density at radius 1 is 1.43 bits per heavy atom. The summed E-state index contributed by atoms with van der Waals surface area (Å²) in [5.41, 5.74) is 9.85. The van der Waals surface area contributed by atoms with E-state index in [-0.39, 0.29) is 0 Å². The summed E-state index contributed by atoms with van der Waals surface area (Å²) in [6, 6.07) is 6.64. The van der Waals surface area contributed by atoms with Crippen LogP contribution in [0.2, 0.25) is 0 Å². The fraction of sp³-hybridized carbons (Fsp3) is 0.333. The molecule has 0 aliphatic carbocycles. The number of aryl methyl sites for hydroxylation is 1. The van der Waals surface area contributed by atoms with Crippen molar-refractivity contribution in [1.29, 1.82) is 0 Å². The first-order chi connectivity index (χ1) is 6.66. The van der Waals surface area contributed by atoms with Crippen LogP contribution in [-0.4, -0.2) is 11.4 Å². The van der Waals surface area contributed by atoms with Crippen molar-refractivity contribution in [3.63, 3.8) is 0 Å². The lowest BCUT2D eigenvalue weighted by Crippen LogP contribution is -2.32. The highest BCUT2D eigenvalue weighted by molar-refractivity contribution is 5.33.